The molecule has 6 nitrogen and oxygen atoms in total. The summed E-state index contributed by atoms with van der Waals surface area (Å²) in [4.78, 5) is 20.2. The predicted octanol–water partition coefficient (Wildman–Crippen LogP) is 5.04. The summed E-state index contributed by atoms with van der Waals surface area (Å²) in [5.74, 6) is 1.55. The van der Waals surface area contributed by atoms with Gasteiger partial charge in [0.05, 0.1) is 23.5 Å². The number of hydrogen-bond donors (Lipinski definition) is 1. The molecule has 4 heterocycles. The third-order valence-electron chi connectivity index (χ3n) is 7.04. The summed E-state index contributed by atoms with van der Waals surface area (Å²) in [6.07, 6.45) is 5.57. The van der Waals surface area contributed by atoms with Crippen LogP contribution in [0, 0.1) is 5.92 Å². The normalized spacial score (nSPS) is 18.1. The van der Waals surface area contributed by atoms with Gasteiger partial charge in [0.25, 0.3) is 0 Å². The van der Waals surface area contributed by atoms with E-state index in [1.165, 1.54) is 5.56 Å². The van der Waals surface area contributed by atoms with Crippen molar-refractivity contribution in [3.05, 3.63) is 77.6 Å². The van der Waals surface area contributed by atoms with E-state index in [-0.39, 0.29) is 5.78 Å². The summed E-state index contributed by atoms with van der Waals surface area (Å²) < 4.78 is 5.64. The summed E-state index contributed by atoms with van der Waals surface area (Å²) in [6.45, 7) is 3.59. The molecule has 172 valence electrons. The molecule has 1 atom stereocenters. The lowest BCUT2D eigenvalue weighted by molar-refractivity contribution is 0.0912. The van der Waals surface area contributed by atoms with Crippen LogP contribution in [-0.4, -0.2) is 45.6 Å². The van der Waals surface area contributed by atoms with E-state index < -0.39 is 0 Å². The molecule has 34 heavy (non-hydrogen) atoms. The SMILES string of the molecule is O=C(C[C@@H]1CCCN(Cc2ccccn2)C1)c1ccc2[nH]nc(-c3ccc4c(c3)CCO4)c2c1. The van der Waals surface area contributed by atoms with Crippen LogP contribution < -0.4 is 4.74 Å². The number of hydrogen-bond acceptors (Lipinski definition) is 5. The van der Waals surface area contributed by atoms with Gasteiger partial charge in [0.15, 0.2) is 5.78 Å². The molecule has 6 heteroatoms. The minimum absolute atomic E-state index is 0.209. The Hall–Kier alpha value is -3.51. The van der Waals surface area contributed by atoms with E-state index in [2.05, 4.69) is 32.2 Å². The Morgan fingerprint density at radius 2 is 2.12 bits per heavy atom. The van der Waals surface area contributed by atoms with Crippen LogP contribution in [-0.2, 0) is 13.0 Å². The fraction of sp³-hybridized carbons (Fsp3) is 0.321. The number of nitrogens with one attached hydrogen (secondary N) is 1. The molecule has 6 rings (SSSR count). The first-order valence-electron chi connectivity index (χ1n) is 12.1. The van der Waals surface area contributed by atoms with Crippen LogP contribution in [0.25, 0.3) is 22.2 Å². The maximum Gasteiger partial charge on any atom is 0.163 e. The molecule has 0 aliphatic carbocycles. The lowest BCUT2D eigenvalue weighted by Crippen LogP contribution is -2.36. The standard InChI is InChI=1S/C28H28N4O2/c33-26(14-19-4-3-12-32(17-19)18-23-5-1-2-11-29-23)20-6-8-25-24(16-20)28(31-30-25)22-7-9-27-21(15-22)10-13-34-27/h1-2,5-9,11,15-16,19H,3-4,10,12-14,17-18H2,(H,30,31)/t19-/m0/s1. The molecule has 2 aliphatic rings. The van der Waals surface area contributed by atoms with Crippen molar-refractivity contribution in [2.24, 2.45) is 5.92 Å². The second-order valence-electron chi connectivity index (χ2n) is 9.45. The number of ether oxygens (including phenoxy) is 1. The highest BCUT2D eigenvalue weighted by Crippen LogP contribution is 2.33. The van der Waals surface area contributed by atoms with E-state index in [1.807, 2.05) is 48.7 Å². The van der Waals surface area contributed by atoms with Crippen LogP contribution in [0.15, 0.2) is 60.8 Å². The first-order chi connectivity index (χ1) is 16.7. The van der Waals surface area contributed by atoms with E-state index in [0.29, 0.717) is 12.3 Å². The highest BCUT2D eigenvalue weighted by Gasteiger charge is 2.24. The highest BCUT2D eigenvalue weighted by atomic mass is 16.5. The van der Waals surface area contributed by atoms with E-state index >= 15 is 0 Å². The smallest absolute Gasteiger partial charge is 0.163 e. The first-order valence-corrected chi connectivity index (χ1v) is 12.1. The Morgan fingerprint density at radius 3 is 3.03 bits per heavy atom. The topological polar surface area (TPSA) is 71.1 Å². The van der Waals surface area contributed by atoms with Gasteiger partial charge in [-0.2, -0.15) is 5.10 Å². The van der Waals surface area contributed by atoms with Crippen LogP contribution in [0.4, 0.5) is 0 Å². The number of pyridine rings is 1. The van der Waals surface area contributed by atoms with Crippen LogP contribution in [0.3, 0.4) is 0 Å². The monoisotopic (exact) mass is 452 g/mol. The molecule has 2 aliphatic heterocycles. The summed E-state index contributed by atoms with van der Waals surface area (Å²) >= 11 is 0. The molecule has 0 amide bonds. The van der Waals surface area contributed by atoms with E-state index in [0.717, 1.165) is 84.7 Å². The molecule has 1 N–H and O–H groups in total. The molecule has 0 radical (unpaired) electrons. The number of aromatic nitrogens is 3. The third-order valence-corrected chi connectivity index (χ3v) is 7.04. The summed E-state index contributed by atoms with van der Waals surface area (Å²) in [6, 6.07) is 18.2. The zero-order chi connectivity index (χ0) is 22.9. The number of aromatic amines is 1. The number of ketones is 1. The molecule has 0 unspecified atom stereocenters. The molecule has 2 aromatic heterocycles. The average Bonchev–Trinajstić information content (AvgIpc) is 3.51. The summed E-state index contributed by atoms with van der Waals surface area (Å²) in [7, 11) is 0. The van der Waals surface area contributed by atoms with Gasteiger partial charge in [-0.25, -0.2) is 0 Å². The molecule has 4 aromatic rings. The fourth-order valence-electron chi connectivity index (χ4n) is 5.30. The van der Waals surface area contributed by atoms with Crippen molar-refractivity contribution in [3.63, 3.8) is 0 Å². The van der Waals surface area contributed by atoms with Crippen LogP contribution in [0.5, 0.6) is 5.75 Å². The van der Waals surface area contributed by atoms with Crippen molar-refractivity contribution in [3.8, 4) is 17.0 Å². The summed E-state index contributed by atoms with van der Waals surface area (Å²) in [5.41, 5.74) is 5.96. The van der Waals surface area contributed by atoms with Crippen molar-refractivity contribution in [1.29, 1.82) is 0 Å². The van der Waals surface area contributed by atoms with Gasteiger partial charge in [-0.3, -0.25) is 19.8 Å². The van der Waals surface area contributed by atoms with Crippen molar-refractivity contribution in [1.82, 2.24) is 20.1 Å². The predicted molar refractivity (Wildman–Crippen MR) is 132 cm³/mol. The number of nitrogens with zero attached hydrogens (tertiary/aromatic N) is 3. The molecule has 1 fully saturated rings. The van der Waals surface area contributed by atoms with Gasteiger partial charge in [0.1, 0.15) is 5.75 Å². The number of piperidine rings is 1. The second kappa shape index (κ2) is 9.03. The van der Waals surface area contributed by atoms with Gasteiger partial charge in [-0.05, 0) is 79.4 Å². The molecule has 0 saturated carbocycles. The first kappa shape index (κ1) is 21.1. The van der Waals surface area contributed by atoms with Crippen LogP contribution >= 0.6 is 0 Å². The molecule has 1 saturated heterocycles. The number of benzene rings is 2. The molecule has 2 aromatic carbocycles. The van der Waals surface area contributed by atoms with Crippen molar-refractivity contribution in [2.75, 3.05) is 19.7 Å². The van der Waals surface area contributed by atoms with Crippen molar-refractivity contribution in [2.45, 2.75) is 32.2 Å². The number of likely N-dealkylation sites (tertiary alicyclic amines) is 1. The molecular weight excluding hydrogens is 424 g/mol. The van der Waals surface area contributed by atoms with Gasteiger partial charge < -0.3 is 4.74 Å². The average molecular weight is 453 g/mol. The van der Waals surface area contributed by atoms with Gasteiger partial charge in [0.2, 0.25) is 0 Å². The highest BCUT2D eigenvalue weighted by molar-refractivity contribution is 6.02. The maximum absolute atomic E-state index is 13.3. The lowest BCUT2D eigenvalue weighted by Gasteiger charge is -2.32. The van der Waals surface area contributed by atoms with Gasteiger partial charge in [-0.1, -0.05) is 6.07 Å². The van der Waals surface area contributed by atoms with Gasteiger partial charge in [0, 0.05) is 48.6 Å². The second-order valence-corrected chi connectivity index (χ2v) is 9.45. The third kappa shape index (κ3) is 4.21. The minimum atomic E-state index is 0.209. The number of carbonyl (C=O) groups is 1. The van der Waals surface area contributed by atoms with E-state index in [1.54, 1.807) is 0 Å². The van der Waals surface area contributed by atoms with Crippen molar-refractivity contribution >= 4 is 16.7 Å². The lowest BCUT2D eigenvalue weighted by atomic mass is 9.90. The van der Waals surface area contributed by atoms with E-state index in [9.17, 15) is 4.79 Å². The Kier molecular flexibility index (Phi) is 5.59. The molecular formula is C28H28N4O2. The zero-order valence-electron chi connectivity index (χ0n) is 19.2. The van der Waals surface area contributed by atoms with Gasteiger partial charge in [-0.15, -0.1) is 0 Å². The Morgan fingerprint density at radius 1 is 1.15 bits per heavy atom. The number of H-pyrrole nitrogens is 1. The summed E-state index contributed by atoms with van der Waals surface area (Å²) in [5, 5.41) is 8.68. The molecule has 0 bridgehead atoms. The Bertz CT molecular complexity index is 1330. The van der Waals surface area contributed by atoms with Crippen LogP contribution in [0.1, 0.15) is 40.9 Å². The largest absolute Gasteiger partial charge is 0.493 e. The maximum atomic E-state index is 13.3. The quantitative estimate of drug-likeness (QED) is 0.415. The van der Waals surface area contributed by atoms with Gasteiger partial charge >= 0.3 is 0 Å². The minimum Gasteiger partial charge on any atom is -0.493 e. The number of Topliss-reactive ketones (excluding diaryl/α,β-unsaturated/α-hetero) is 1. The Balaban J connectivity index is 1.18. The zero-order valence-corrected chi connectivity index (χ0v) is 19.2. The fourth-order valence-corrected chi connectivity index (χ4v) is 5.30. The van der Waals surface area contributed by atoms with E-state index in [4.69, 9.17) is 4.74 Å². The number of fused-ring (bicyclic) bond motifs is 2. The van der Waals surface area contributed by atoms with Crippen LogP contribution in [0.2, 0.25) is 0 Å². The number of carbonyl (C=O) groups excluding carboxylic acids is 1. The Labute approximate surface area is 199 Å². The molecule has 0 spiro atoms. The number of rotatable bonds is 6. The van der Waals surface area contributed by atoms with Crippen molar-refractivity contribution < 1.29 is 9.53 Å².